The van der Waals surface area contributed by atoms with Gasteiger partial charge < -0.3 is 9.64 Å². The molecule has 1 fully saturated rings. The monoisotopic (exact) mass is 428 g/mol. The summed E-state index contributed by atoms with van der Waals surface area (Å²) in [4.78, 5) is 14.9. The number of benzene rings is 2. The largest absolute Gasteiger partial charge is 0.483 e. The van der Waals surface area contributed by atoms with Gasteiger partial charge in [-0.3, -0.25) is 4.79 Å². The van der Waals surface area contributed by atoms with E-state index in [4.69, 9.17) is 4.74 Å². The molecule has 4 rings (SSSR count). The van der Waals surface area contributed by atoms with E-state index in [1.807, 2.05) is 32.0 Å². The normalized spacial score (nSPS) is 17.1. The Kier molecular flexibility index (Phi) is 5.84. The van der Waals surface area contributed by atoms with Crippen LogP contribution in [0.3, 0.4) is 0 Å². The summed E-state index contributed by atoms with van der Waals surface area (Å²) in [6.45, 7) is 5.72. The third-order valence-electron chi connectivity index (χ3n) is 5.86. The van der Waals surface area contributed by atoms with Crippen LogP contribution in [0.5, 0.6) is 5.75 Å². The van der Waals surface area contributed by atoms with E-state index in [1.54, 1.807) is 27.4 Å². The van der Waals surface area contributed by atoms with Gasteiger partial charge in [-0.25, -0.2) is 8.42 Å². The molecule has 30 heavy (non-hydrogen) atoms. The molecule has 2 aromatic rings. The molecule has 0 atom stereocenters. The molecular formula is C23H28N2O4S. The Bertz CT molecular complexity index is 1060. The molecule has 0 aliphatic carbocycles. The van der Waals surface area contributed by atoms with Gasteiger partial charge in [-0.1, -0.05) is 17.7 Å². The van der Waals surface area contributed by atoms with Gasteiger partial charge in [0.15, 0.2) is 6.61 Å². The highest BCUT2D eigenvalue weighted by Crippen LogP contribution is 2.31. The lowest BCUT2D eigenvalue weighted by Gasteiger charge is -2.30. The maximum absolute atomic E-state index is 12.9. The number of aryl methyl sites for hydroxylation is 3. The highest BCUT2D eigenvalue weighted by atomic mass is 32.2. The van der Waals surface area contributed by atoms with Crippen LogP contribution >= 0.6 is 0 Å². The number of nitrogens with zero attached hydrogens (tertiary/aromatic N) is 2. The molecule has 160 valence electrons. The van der Waals surface area contributed by atoms with Crippen molar-refractivity contribution >= 4 is 21.6 Å². The van der Waals surface area contributed by atoms with Crippen LogP contribution in [0.4, 0.5) is 5.69 Å². The smallest absolute Gasteiger partial charge is 0.264 e. The summed E-state index contributed by atoms with van der Waals surface area (Å²) in [5, 5.41) is 0. The Morgan fingerprint density at radius 3 is 2.50 bits per heavy atom. The summed E-state index contributed by atoms with van der Waals surface area (Å²) in [7, 11) is -3.46. The third-order valence-corrected chi connectivity index (χ3v) is 7.75. The fourth-order valence-corrected chi connectivity index (χ4v) is 5.82. The Morgan fingerprint density at radius 1 is 1.00 bits per heavy atom. The number of amides is 1. The van der Waals surface area contributed by atoms with Crippen LogP contribution in [0.1, 0.15) is 36.0 Å². The average molecular weight is 429 g/mol. The Labute approximate surface area is 178 Å². The summed E-state index contributed by atoms with van der Waals surface area (Å²) >= 11 is 0. The van der Waals surface area contributed by atoms with Gasteiger partial charge in [0, 0.05) is 25.3 Å². The van der Waals surface area contributed by atoms with E-state index < -0.39 is 10.0 Å². The van der Waals surface area contributed by atoms with Gasteiger partial charge in [0.1, 0.15) is 5.75 Å². The van der Waals surface area contributed by atoms with Crippen molar-refractivity contribution in [3.8, 4) is 5.75 Å². The van der Waals surface area contributed by atoms with Crippen molar-refractivity contribution in [1.29, 1.82) is 0 Å². The number of carbonyl (C=O) groups excluding carboxylic acids is 1. The van der Waals surface area contributed by atoms with Crippen molar-refractivity contribution in [3.05, 3.63) is 53.1 Å². The molecule has 1 amide bonds. The molecule has 7 heteroatoms. The quantitative estimate of drug-likeness (QED) is 0.732. The summed E-state index contributed by atoms with van der Waals surface area (Å²) in [6, 6.07) is 11.0. The zero-order valence-corrected chi connectivity index (χ0v) is 18.4. The summed E-state index contributed by atoms with van der Waals surface area (Å²) < 4.78 is 33.1. The number of hydrogen-bond acceptors (Lipinski definition) is 4. The number of anilines is 1. The minimum absolute atomic E-state index is 0.0445. The molecule has 2 aliphatic rings. The van der Waals surface area contributed by atoms with Crippen molar-refractivity contribution in [2.75, 3.05) is 31.1 Å². The molecule has 2 aromatic carbocycles. The van der Waals surface area contributed by atoms with E-state index in [-0.39, 0.29) is 12.5 Å². The second-order valence-corrected chi connectivity index (χ2v) is 10.0. The van der Waals surface area contributed by atoms with E-state index in [1.165, 1.54) is 0 Å². The van der Waals surface area contributed by atoms with E-state index in [0.717, 1.165) is 48.1 Å². The number of ether oxygens (including phenoxy) is 1. The first-order valence-corrected chi connectivity index (χ1v) is 11.9. The fourth-order valence-electron chi connectivity index (χ4n) is 4.25. The molecule has 1 saturated heterocycles. The van der Waals surface area contributed by atoms with Gasteiger partial charge in [0.25, 0.3) is 5.91 Å². The number of fused-ring (bicyclic) bond motifs is 1. The molecule has 0 spiro atoms. The maximum atomic E-state index is 12.9. The lowest BCUT2D eigenvalue weighted by Crippen LogP contribution is -2.39. The second kappa shape index (κ2) is 8.40. The minimum Gasteiger partial charge on any atom is -0.483 e. The van der Waals surface area contributed by atoms with Crippen LogP contribution in [0.15, 0.2) is 41.3 Å². The number of carbonyl (C=O) groups is 1. The van der Waals surface area contributed by atoms with Crippen LogP contribution in [0.2, 0.25) is 0 Å². The molecule has 2 heterocycles. The average Bonchev–Trinajstić information content (AvgIpc) is 3.28. The van der Waals surface area contributed by atoms with Crippen LogP contribution in [-0.4, -0.2) is 44.9 Å². The molecule has 0 N–H and O–H groups in total. The lowest BCUT2D eigenvalue weighted by atomic mass is 10.0. The SMILES string of the molecule is Cc1ccc(OCC(=O)N2CCCc3cc(S(=O)(=O)N4CCCC4)ccc32)c(C)c1. The van der Waals surface area contributed by atoms with Crippen molar-refractivity contribution < 1.29 is 17.9 Å². The highest BCUT2D eigenvalue weighted by molar-refractivity contribution is 7.89. The van der Waals surface area contributed by atoms with Gasteiger partial charge in [-0.15, -0.1) is 0 Å². The van der Waals surface area contributed by atoms with Gasteiger partial charge in [-0.2, -0.15) is 4.31 Å². The molecule has 0 bridgehead atoms. The number of rotatable bonds is 5. The van der Waals surface area contributed by atoms with Gasteiger partial charge in [-0.05, 0) is 74.9 Å². The summed E-state index contributed by atoms with van der Waals surface area (Å²) in [6.07, 6.45) is 3.38. The molecular weight excluding hydrogens is 400 g/mol. The molecule has 2 aliphatic heterocycles. The summed E-state index contributed by atoms with van der Waals surface area (Å²) in [5.41, 5.74) is 3.84. The van der Waals surface area contributed by atoms with Crippen molar-refractivity contribution in [2.45, 2.75) is 44.4 Å². The highest BCUT2D eigenvalue weighted by Gasteiger charge is 2.29. The predicted octanol–water partition coefficient (Wildman–Crippen LogP) is 3.45. The topological polar surface area (TPSA) is 66.9 Å². The fraction of sp³-hybridized carbons (Fsp3) is 0.435. The predicted molar refractivity (Wildman–Crippen MR) is 117 cm³/mol. The van der Waals surface area contributed by atoms with Crippen molar-refractivity contribution in [2.24, 2.45) is 0 Å². The second-order valence-electron chi connectivity index (χ2n) is 8.11. The number of hydrogen-bond donors (Lipinski definition) is 0. The molecule has 0 saturated carbocycles. The zero-order chi connectivity index (χ0) is 21.3. The van der Waals surface area contributed by atoms with E-state index in [0.29, 0.717) is 30.3 Å². The van der Waals surface area contributed by atoms with E-state index >= 15 is 0 Å². The third kappa shape index (κ3) is 4.09. The van der Waals surface area contributed by atoms with Crippen LogP contribution in [0, 0.1) is 13.8 Å². The summed E-state index contributed by atoms with van der Waals surface area (Å²) in [5.74, 6) is 0.587. The van der Waals surface area contributed by atoms with Gasteiger partial charge in [0.05, 0.1) is 4.90 Å². The zero-order valence-electron chi connectivity index (χ0n) is 17.6. The van der Waals surface area contributed by atoms with Crippen LogP contribution in [-0.2, 0) is 21.2 Å². The van der Waals surface area contributed by atoms with Crippen molar-refractivity contribution in [3.63, 3.8) is 0 Å². The molecule has 6 nitrogen and oxygen atoms in total. The Morgan fingerprint density at radius 2 is 1.77 bits per heavy atom. The number of sulfonamides is 1. The first-order valence-electron chi connectivity index (χ1n) is 10.5. The van der Waals surface area contributed by atoms with E-state index in [9.17, 15) is 13.2 Å². The van der Waals surface area contributed by atoms with Gasteiger partial charge >= 0.3 is 0 Å². The van der Waals surface area contributed by atoms with Crippen LogP contribution < -0.4 is 9.64 Å². The van der Waals surface area contributed by atoms with Crippen LogP contribution in [0.25, 0.3) is 0 Å². The Hall–Kier alpha value is -2.38. The molecule has 0 radical (unpaired) electrons. The van der Waals surface area contributed by atoms with E-state index in [2.05, 4.69) is 0 Å². The standard InChI is InChI=1S/C23H28N2O4S/c1-17-7-10-22(18(2)14-17)29-16-23(26)25-13-5-6-19-15-20(8-9-21(19)25)30(27,28)24-11-3-4-12-24/h7-10,14-15H,3-6,11-13,16H2,1-2H3. The maximum Gasteiger partial charge on any atom is 0.264 e. The van der Waals surface area contributed by atoms with Gasteiger partial charge in [0.2, 0.25) is 10.0 Å². The molecule has 0 aromatic heterocycles. The van der Waals surface area contributed by atoms with Crippen molar-refractivity contribution in [1.82, 2.24) is 4.31 Å². The lowest BCUT2D eigenvalue weighted by molar-refractivity contribution is -0.120. The molecule has 0 unspecified atom stereocenters. The Balaban J connectivity index is 1.51. The first kappa shape index (κ1) is 20.9. The minimum atomic E-state index is -3.46. The first-order chi connectivity index (χ1) is 14.4.